The van der Waals surface area contributed by atoms with E-state index in [2.05, 4.69) is 10.2 Å². The van der Waals surface area contributed by atoms with Gasteiger partial charge < -0.3 is 15.1 Å². The molecule has 2 fully saturated rings. The first-order chi connectivity index (χ1) is 14.0. The summed E-state index contributed by atoms with van der Waals surface area (Å²) >= 11 is 1.87. The fourth-order valence-corrected chi connectivity index (χ4v) is 5.62. The van der Waals surface area contributed by atoms with Gasteiger partial charge in [-0.3, -0.25) is 4.79 Å². The van der Waals surface area contributed by atoms with Gasteiger partial charge in [0.25, 0.3) is 5.91 Å². The van der Waals surface area contributed by atoms with Crippen LogP contribution in [0.1, 0.15) is 34.3 Å². The van der Waals surface area contributed by atoms with E-state index < -0.39 is 0 Å². The number of benzene rings is 2. The molecular weight excluding hydrogens is 382 g/mol. The molecule has 0 unspecified atom stereocenters. The quantitative estimate of drug-likeness (QED) is 0.794. The van der Waals surface area contributed by atoms with Crippen molar-refractivity contribution in [3.8, 4) is 0 Å². The van der Waals surface area contributed by atoms with E-state index in [0.29, 0.717) is 13.1 Å². The molecule has 2 aromatic carbocycles. The zero-order valence-corrected chi connectivity index (χ0v) is 17.8. The lowest BCUT2D eigenvalue weighted by Crippen LogP contribution is -2.54. The molecule has 1 spiro atoms. The van der Waals surface area contributed by atoms with E-state index in [4.69, 9.17) is 0 Å². The van der Waals surface area contributed by atoms with E-state index in [-0.39, 0.29) is 16.8 Å². The van der Waals surface area contributed by atoms with Crippen molar-refractivity contribution in [2.75, 3.05) is 30.7 Å². The topological polar surface area (TPSA) is 52.7 Å². The van der Waals surface area contributed by atoms with Crippen LogP contribution in [0, 0.1) is 13.8 Å². The highest BCUT2D eigenvalue weighted by Gasteiger charge is 2.47. The van der Waals surface area contributed by atoms with E-state index in [1.165, 1.54) is 5.56 Å². The minimum Gasteiger partial charge on any atom is -0.324 e. The molecule has 0 atom stereocenters. The summed E-state index contributed by atoms with van der Waals surface area (Å²) in [6.07, 6.45) is 1.60. The number of urea groups is 1. The predicted octanol–water partition coefficient (Wildman–Crippen LogP) is 4.52. The summed E-state index contributed by atoms with van der Waals surface area (Å²) < 4.78 is 0. The number of rotatable bonds is 2. The van der Waals surface area contributed by atoms with E-state index >= 15 is 0 Å². The largest absolute Gasteiger partial charge is 0.324 e. The monoisotopic (exact) mass is 409 g/mol. The smallest absolute Gasteiger partial charge is 0.321 e. The van der Waals surface area contributed by atoms with Crippen LogP contribution in [-0.2, 0) is 0 Å². The molecule has 0 radical (unpaired) electrons. The number of likely N-dealkylation sites (tertiary alicyclic amines) is 1. The molecule has 6 heteroatoms. The van der Waals surface area contributed by atoms with Gasteiger partial charge in [-0.15, -0.1) is 11.8 Å². The van der Waals surface area contributed by atoms with Crippen molar-refractivity contribution < 1.29 is 9.59 Å². The molecule has 2 heterocycles. The normalized spacial score (nSPS) is 18.1. The molecule has 0 bridgehead atoms. The average molecular weight is 410 g/mol. The van der Waals surface area contributed by atoms with Crippen LogP contribution in [0.25, 0.3) is 0 Å². The third-order valence-corrected chi connectivity index (χ3v) is 7.49. The number of hydrogen-bond donors (Lipinski definition) is 1. The first-order valence-corrected chi connectivity index (χ1v) is 11.1. The number of piperidine rings is 1. The Kier molecular flexibility index (Phi) is 5.54. The Balaban J connectivity index is 1.42. The van der Waals surface area contributed by atoms with Crippen LogP contribution in [0.5, 0.6) is 0 Å². The molecule has 2 saturated heterocycles. The summed E-state index contributed by atoms with van der Waals surface area (Å²) in [5, 5.41) is 2.98. The molecular formula is C23H27N3O2S. The molecule has 0 aliphatic carbocycles. The predicted molar refractivity (Wildman–Crippen MR) is 118 cm³/mol. The maximum atomic E-state index is 13.2. The summed E-state index contributed by atoms with van der Waals surface area (Å²) in [6.45, 7) is 6.10. The van der Waals surface area contributed by atoms with Crippen LogP contribution >= 0.6 is 11.8 Å². The van der Waals surface area contributed by atoms with E-state index in [9.17, 15) is 9.59 Å². The van der Waals surface area contributed by atoms with Crippen LogP contribution in [0.15, 0.2) is 48.5 Å². The lowest BCUT2D eigenvalue weighted by atomic mass is 10.00. The number of hydrogen-bond acceptors (Lipinski definition) is 3. The standard InChI is InChI=1S/C23H27N3O2S/c1-17-7-9-19(10-8-17)24-22(28)25-13-11-23(12-14-25)26(15-16-29-23)21(27)20-6-4-3-5-18(20)2/h3-10H,11-16H2,1-2H3,(H,24,28). The molecule has 5 nitrogen and oxygen atoms in total. The van der Waals surface area contributed by atoms with Gasteiger partial charge >= 0.3 is 6.03 Å². The summed E-state index contributed by atoms with van der Waals surface area (Å²) in [5.74, 6) is 1.07. The van der Waals surface area contributed by atoms with Gasteiger partial charge in [0, 0.05) is 36.6 Å². The number of amides is 3. The van der Waals surface area contributed by atoms with Gasteiger partial charge in [-0.2, -0.15) is 0 Å². The Hall–Kier alpha value is -2.47. The number of aryl methyl sites for hydroxylation is 2. The van der Waals surface area contributed by atoms with Crippen LogP contribution < -0.4 is 5.32 Å². The van der Waals surface area contributed by atoms with Crippen molar-refractivity contribution in [3.63, 3.8) is 0 Å². The third-order valence-electron chi connectivity index (χ3n) is 5.93. The van der Waals surface area contributed by atoms with Crippen molar-refractivity contribution in [1.82, 2.24) is 9.80 Å². The number of carbonyl (C=O) groups is 2. The maximum absolute atomic E-state index is 13.2. The number of thioether (sulfide) groups is 1. The summed E-state index contributed by atoms with van der Waals surface area (Å²) in [7, 11) is 0. The van der Waals surface area contributed by atoms with Gasteiger partial charge in [0.1, 0.15) is 0 Å². The molecule has 2 aliphatic rings. The molecule has 3 amide bonds. The highest BCUT2D eigenvalue weighted by atomic mass is 32.2. The SMILES string of the molecule is Cc1ccc(NC(=O)N2CCC3(CC2)SCCN3C(=O)c2ccccc2C)cc1. The van der Waals surface area contributed by atoms with Gasteiger partial charge in [-0.1, -0.05) is 35.9 Å². The lowest BCUT2D eigenvalue weighted by molar-refractivity contribution is 0.0585. The Labute approximate surface area is 176 Å². The second-order valence-electron chi connectivity index (χ2n) is 7.85. The Morgan fingerprint density at radius 3 is 2.34 bits per heavy atom. The molecule has 2 aromatic rings. The molecule has 0 saturated carbocycles. The second kappa shape index (κ2) is 8.11. The van der Waals surface area contributed by atoms with Crippen LogP contribution in [0.4, 0.5) is 10.5 Å². The van der Waals surface area contributed by atoms with Crippen LogP contribution in [0.3, 0.4) is 0 Å². The van der Waals surface area contributed by atoms with Crippen LogP contribution in [0.2, 0.25) is 0 Å². The van der Waals surface area contributed by atoms with Crippen molar-refractivity contribution in [1.29, 1.82) is 0 Å². The Bertz CT molecular complexity index is 905. The Morgan fingerprint density at radius 2 is 1.66 bits per heavy atom. The van der Waals surface area contributed by atoms with Gasteiger partial charge in [0.15, 0.2) is 0 Å². The van der Waals surface area contributed by atoms with Gasteiger partial charge in [0.05, 0.1) is 4.87 Å². The molecule has 1 N–H and O–H groups in total. The lowest BCUT2D eigenvalue weighted by Gasteiger charge is -2.44. The van der Waals surface area contributed by atoms with Gasteiger partial charge in [-0.25, -0.2) is 4.79 Å². The highest BCUT2D eigenvalue weighted by Crippen LogP contribution is 2.44. The summed E-state index contributed by atoms with van der Waals surface area (Å²) in [6, 6.07) is 15.6. The fraction of sp³-hybridized carbons (Fsp3) is 0.391. The summed E-state index contributed by atoms with van der Waals surface area (Å²) in [4.78, 5) is 29.6. The molecule has 4 rings (SSSR count). The average Bonchev–Trinajstić information content (AvgIpc) is 3.13. The van der Waals surface area contributed by atoms with Gasteiger partial charge in [-0.05, 0) is 50.5 Å². The van der Waals surface area contributed by atoms with E-state index in [1.54, 1.807) is 0 Å². The molecule has 2 aliphatic heterocycles. The van der Waals surface area contributed by atoms with Crippen molar-refractivity contribution in [3.05, 3.63) is 65.2 Å². The summed E-state index contributed by atoms with van der Waals surface area (Å²) in [5.41, 5.74) is 3.78. The maximum Gasteiger partial charge on any atom is 0.321 e. The van der Waals surface area contributed by atoms with Crippen molar-refractivity contribution >= 4 is 29.4 Å². The van der Waals surface area contributed by atoms with Crippen molar-refractivity contribution in [2.45, 2.75) is 31.6 Å². The van der Waals surface area contributed by atoms with Gasteiger partial charge in [0.2, 0.25) is 0 Å². The number of carbonyl (C=O) groups excluding carboxylic acids is 2. The zero-order valence-electron chi connectivity index (χ0n) is 17.0. The third kappa shape index (κ3) is 3.99. The first-order valence-electron chi connectivity index (χ1n) is 10.1. The number of anilines is 1. The molecule has 0 aromatic heterocycles. The zero-order chi connectivity index (χ0) is 20.4. The fourth-order valence-electron chi connectivity index (χ4n) is 4.17. The van der Waals surface area contributed by atoms with E-state index in [0.717, 1.165) is 42.0 Å². The number of nitrogens with zero attached hydrogens (tertiary/aromatic N) is 2. The van der Waals surface area contributed by atoms with Crippen LogP contribution in [-0.4, -0.2) is 52.0 Å². The first kappa shape index (κ1) is 19.8. The Morgan fingerprint density at radius 1 is 0.966 bits per heavy atom. The number of nitrogens with one attached hydrogen (secondary N) is 1. The minimum atomic E-state index is -0.194. The minimum absolute atomic E-state index is 0.0662. The van der Waals surface area contributed by atoms with Crippen molar-refractivity contribution in [2.24, 2.45) is 0 Å². The highest BCUT2D eigenvalue weighted by molar-refractivity contribution is 8.00. The molecule has 152 valence electrons. The molecule has 29 heavy (non-hydrogen) atoms. The second-order valence-corrected chi connectivity index (χ2v) is 9.31. The van der Waals surface area contributed by atoms with E-state index in [1.807, 2.05) is 79.0 Å².